The minimum absolute atomic E-state index is 0.0327. The minimum atomic E-state index is -4.14. The van der Waals surface area contributed by atoms with Crippen molar-refractivity contribution in [2.45, 2.75) is 57.2 Å². The van der Waals surface area contributed by atoms with Gasteiger partial charge in [-0.25, -0.2) is 0 Å². The van der Waals surface area contributed by atoms with Gasteiger partial charge in [0.1, 0.15) is 6.04 Å². The van der Waals surface area contributed by atoms with Crippen LogP contribution in [0.5, 0.6) is 0 Å². The Labute approximate surface area is 116 Å². The van der Waals surface area contributed by atoms with Gasteiger partial charge >= 0.3 is 6.18 Å². The fourth-order valence-electron chi connectivity index (χ4n) is 3.23. The number of halogens is 3. The van der Waals surface area contributed by atoms with Crippen molar-refractivity contribution in [1.29, 1.82) is 5.26 Å². The second-order valence-electron chi connectivity index (χ2n) is 5.76. The van der Waals surface area contributed by atoms with Gasteiger partial charge in [0.05, 0.1) is 12.0 Å². The molecule has 2 aliphatic rings. The normalized spacial score (nSPS) is 31.7. The zero-order valence-corrected chi connectivity index (χ0v) is 11.3. The summed E-state index contributed by atoms with van der Waals surface area (Å²) in [5, 5.41) is 9.06. The summed E-state index contributed by atoms with van der Waals surface area (Å²) in [6, 6.07) is 1.74. The first-order valence-corrected chi connectivity index (χ1v) is 7.20. The van der Waals surface area contributed by atoms with Crippen molar-refractivity contribution in [3.8, 4) is 6.07 Å². The van der Waals surface area contributed by atoms with E-state index in [9.17, 15) is 18.0 Å². The zero-order chi connectivity index (χ0) is 14.8. The standard InChI is InChI=1S/C14H19F3N2O/c15-14(16,17)11-6-4-10(5-7-11)13(20)19-8-2-1-3-12(19)9-18/h10-12H,1-8H2. The second kappa shape index (κ2) is 6.02. The van der Waals surface area contributed by atoms with E-state index in [-0.39, 0.29) is 37.5 Å². The highest BCUT2D eigenvalue weighted by Crippen LogP contribution is 2.40. The van der Waals surface area contributed by atoms with Crippen LogP contribution in [-0.4, -0.2) is 29.6 Å². The molecule has 1 heterocycles. The van der Waals surface area contributed by atoms with E-state index in [2.05, 4.69) is 6.07 Å². The Balaban J connectivity index is 1.93. The Morgan fingerprint density at radius 3 is 2.30 bits per heavy atom. The van der Waals surface area contributed by atoms with Crippen molar-refractivity contribution < 1.29 is 18.0 Å². The van der Waals surface area contributed by atoms with Crippen molar-refractivity contribution in [3.05, 3.63) is 0 Å². The molecule has 1 saturated carbocycles. The molecule has 0 aromatic heterocycles. The van der Waals surface area contributed by atoms with Gasteiger partial charge in [-0.3, -0.25) is 4.79 Å². The maximum absolute atomic E-state index is 12.6. The van der Waals surface area contributed by atoms with Crippen LogP contribution in [0.15, 0.2) is 0 Å². The number of hydrogen-bond acceptors (Lipinski definition) is 2. The topological polar surface area (TPSA) is 44.1 Å². The van der Waals surface area contributed by atoms with E-state index in [1.807, 2.05) is 0 Å². The van der Waals surface area contributed by atoms with E-state index in [0.717, 1.165) is 12.8 Å². The van der Waals surface area contributed by atoms with Gasteiger partial charge in [-0.1, -0.05) is 0 Å². The van der Waals surface area contributed by atoms with Crippen molar-refractivity contribution in [2.75, 3.05) is 6.54 Å². The number of nitriles is 1. The Hall–Kier alpha value is -1.25. The highest BCUT2D eigenvalue weighted by atomic mass is 19.4. The van der Waals surface area contributed by atoms with Crippen LogP contribution in [0.1, 0.15) is 44.9 Å². The van der Waals surface area contributed by atoms with Gasteiger partial charge < -0.3 is 4.90 Å². The summed E-state index contributed by atoms with van der Waals surface area (Å²) in [4.78, 5) is 14.0. The first kappa shape index (κ1) is 15.1. The summed E-state index contributed by atoms with van der Waals surface area (Å²) < 4.78 is 37.8. The molecule has 0 radical (unpaired) electrons. The van der Waals surface area contributed by atoms with Gasteiger partial charge in [0.25, 0.3) is 0 Å². The Bertz CT molecular complexity index is 394. The summed E-state index contributed by atoms with van der Waals surface area (Å²) in [6.07, 6.45) is -1.01. The highest BCUT2D eigenvalue weighted by molar-refractivity contribution is 5.79. The number of carbonyl (C=O) groups excluding carboxylic acids is 1. The molecule has 0 bridgehead atoms. The fourth-order valence-corrected chi connectivity index (χ4v) is 3.23. The van der Waals surface area contributed by atoms with E-state index in [4.69, 9.17) is 5.26 Å². The molecule has 3 nitrogen and oxygen atoms in total. The average Bonchev–Trinajstić information content (AvgIpc) is 2.45. The number of hydrogen-bond donors (Lipinski definition) is 0. The van der Waals surface area contributed by atoms with Crippen molar-refractivity contribution in [1.82, 2.24) is 4.90 Å². The lowest BCUT2D eigenvalue weighted by Gasteiger charge is -2.36. The third-order valence-electron chi connectivity index (χ3n) is 4.47. The van der Waals surface area contributed by atoms with Crippen molar-refractivity contribution in [3.63, 3.8) is 0 Å². The van der Waals surface area contributed by atoms with E-state index < -0.39 is 18.1 Å². The molecule has 0 aromatic carbocycles. The van der Waals surface area contributed by atoms with Crippen LogP contribution in [0.3, 0.4) is 0 Å². The van der Waals surface area contributed by atoms with Gasteiger partial charge in [-0.05, 0) is 44.9 Å². The van der Waals surface area contributed by atoms with E-state index in [1.165, 1.54) is 0 Å². The molecule has 6 heteroatoms. The molecule has 2 fully saturated rings. The third kappa shape index (κ3) is 3.25. The van der Waals surface area contributed by atoms with Crippen molar-refractivity contribution >= 4 is 5.91 Å². The largest absolute Gasteiger partial charge is 0.391 e. The highest BCUT2D eigenvalue weighted by Gasteiger charge is 2.43. The Morgan fingerprint density at radius 2 is 1.75 bits per heavy atom. The molecule has 1 saturated heterocycles. The van der Waals surface area contributed by atoms with Crippen LogP contribution in [0, 0.1) is 23.2 Å². The first-order valence-electron chi connectivity index (χ1n) is 7.20. The molecule has 20 heavy (non-hydrogen) atoms. The van der Waals surface area contributed by atoms with Crippen LogP contribution < -0.4 is 0 Å². The Kier molecular flexibility index (Phi) is 4.56. The van der Waals surface area contributed by atoms with E-state index >= 15 is 0 Å². The predicted octanol–water partition coefficient (Wildman–Crippen LogP) is 3.26. The number of likely N-dealkylation sites (tertiary alicyclic amines) is 1. The number of piperidine rings is 1. The summed E-state index contributed by atoms with van der Waals surface area (Å²) in [5.41, 5.74) is 0. The third-order valence-corrected chi connectivity index (χ3v) is 4.47. The first-order chi connectivity index (χ1) is 9.43. The summed E-state index contributed by atoms with van der Waals surface area (Å²) in [7, 11) is 0. The van der Waals surface area contributed by atoms with Gasteiger partial charge in [-0.2, -0.15) is 18.4 Å². The number of nitrogens with zero attached hydrogens (tertiary/aromatic N) is 2. The van der Waals surface area contributed by atoms with Crippen LogP contribution in [0.4, 0.5) is 13.2 Å². The second-order valence-corrected chi connectivity index (χ2v) is 5.76. The summed E-state index contributed by atoms with van der Waals surface area (Å²) in [5.74, 6) is -1.71. The zero-order valence-electron chi connectivity index (χ0n) is 11.3. The molecule has 1 amide bonds. The number of carbonyl (C=O) groups is 1. The van der Waals surface area contributed by atoms with Crippen LogP contribution in [0.25, 0.3) is 0 Å². The number of rotatable bonds is 1. The molecular formula is C14H19F3N2O. The van der Waals surface area contributed by atoms with Crippen LogP contribution >= 0.6 is 0 Å². The SMILES string of the molecule is N#CC1CCCCN1C(=O)C1CCC(C(F)(F)F)CC1. The lowest BCUT2D eigenvalue weighted by atomic mass is 9.80. The summed E-state index contributed by atoms with van der Waals surface area (Å²) in [6.45, 7) is 0.566. The molecule has 112 valence electrons. The van der Waals surface area contributed by atoms with Crippen LogP contribution in [-0.2, 0) is 4.79 Å². The molecule has 1 atom stereocenters. The lowest BCUT2D eigenvalue weighted by Crippen LogP contribution is -2.46. The monoisotopic (exact) mass is 288 g/mol. The minimum Gasteiger partial charge on any atom is -0.326 e. The van der Waals surface area contributed by atoms with Gasteiger partial charge in [0.15, 0.2) is 0 Å². The molecule has 1 unspecified atom stereocenters. The average molecular weight is 288 g/mol. The predicted molar refractivity (Wildman–Crippen MR) is 66.5 cm³/mol. The Morgan fingerprint density at radius 1 is 1.10 bits per heavy atom. The van der Waals surface area contributed by atoms with Gasteiger partial charge in [0.2, 0.25) is 5.91 Å². The van der Waals surface area contributed by atoms with E-state index in [1.54, 1.807) is 4.90 Å². The number of amides is 1. The van der Waals surface area contributed by atoms with Crippen molar-refractivity contribution in [2.24, 2.45) is 11.8 Å². The fraction of sp³-hybridized carbons (Fsp3) is 0.857. The summed E-state index contributed by atoms with van der Waals surface area (Å²) >= 11 is 0. The molecule has 0 spiro atoms. The molecular weight excluding hydrogens is 269 g/mol. The quantitative estimate of drug-likeness (QED) is 0.743. The lowest BCUT2D eigenvalue weighted by molar-refractivity contribution is -0.185. The number of alkyl halides is 3. The molecule has 0 N–H and O–H groups in total. The maximum Gasteiger partial charge on any atom is 0.391 e. The van der Waals surface area contributed by atoms with E-state index in [0.29, 0.717) is 13.0 Å². The molecule has 2 rings (SSSR count). The maximum atomic E-state index is 12.6. The van der Waals surface area contributed by atoms with Crippen LogP contribution in [0.2, 0.25) is 0 Å². The van der Waals surface area contributed by atoms with Gasteiger partial charge in [0, 0.05) is 12.5 Å². The molecule has 1 aliphatic heterocycles. The molecule has 1 aliphatic carbocycles. The molecule has 0 aromatic rings. The van der Waals surface area contributed by atoms with Gasteiger partial charge in [-0.15, -0.1) is 0 Å². The smallest absolute Gasteiger partial charge is 0.326 e.